The van der Waals surface area contributed by atoms with Crippen LogP contribution in [0, 0.1) is 0 Å². The molecule has 0 aromatic carbocycles. The molecule has 0 spiro atoms. The molecule has 6 heteroatoms. The van der Waals surface area contributed by atoms with Crippen molar-refractivity contribution in [2.24, 2.45) is 0 Å². The number of hydrogen-bond donors (Lipinski definition) is 2. The van der Waals surface area contributed by atoms with Crippen molar-refractivity contribution in [3.63, 3.8) is 0 Å². The number of hydrogen-bond acceptors (Lipinski definition) is 3. The molecule has 0 bridgehead atoms. The van der Waals surface area contributed by atoms with Crippen LogP contribution in [0.5, 0.6) is 0 Å². The number of rotatable bonds is 4. The third-order valence-electron chi connectivity index (χ3n) is 4.89. The van der Waals surface area contributed by atoms with Gasteiger partial charge in [0.25, 0.3) is 0 Å². The van der Waals surface area contributed by atoms with Crippen LogP contribution in [0.1, 0.15) is 44.9 Å². The van der Waals surface area contributed by atoms with Gasteiger partial charge in [0.2, 0.25) is 0 Å². The summed E-state index contributed by atoms with van der Waals surface area (Å²) < 4.78 is 0. The Hall–Kier alpha value is -1.30. The van der Waals surface area contributed by atoms with Gasteiger partial charge in [-0.15, -0.1) is 0 Å². The second-order valence-corrected chi connectivity index (χ2v) is 6.66. The first-order chi connectivity index (χ1) is 9.92. The monoisotopic (exact) mass is 297 g/mol. The van der Waals surface area contributed by atoms with Gasteiger partial charge in [0.15, 0.2) is 0 Å². The molecule has 1 saturated heterocycles. The molecule has 2 N–H and O–H groups in total. The van der Waals surface area contributed by atoms with Crippen molar-refractivity contribution in [2.75, 3.05) is 27.2 Å². The van der Waals surface area contributed by atoms with E-state index in [2.05, 4.69) is 17.3 Å². The quantitative estimate of drug-likeness (QED) is 0.825. The zero-order valence-electron chi connectivity index (χ0n) is 13.1. The highest BCUT2D eigenvalue weighted by atomic mass is 16.4. The van der Waals surface area contributed by atoms with Crippen LogP contribution in [-0.4, -0.2) is 65.7 Å². The maximum atomic E-state index is 12.5. The molecule has 0 radical (unpaired) electrons. The predicted octanol–water partition coefficient (Wildman–Crippen LogP) is 1.51. The number of carboxylic acid groups (broad SMARTS) is 1. The first-order valence-corrected chi connectivity index (χ1v) is 7.87. The summed E-state index contributed by atoms with van der Waals surface area (Å²) in [6, 6.07) is 0.0884. The van der Waals surface area contributed by atoms with E-state index in [0.717, 1.165) is 51.6 Å². The van der Waals surface area contributed by atoms with Gasteiger partial charge in [-0.25, -0.2) is 4.79 Å². The standard InChI is InChI=1S/C15H27N3O3/c1-17-9-5-6-12(11-17)18(2)14(21)16-15(10-13(19)20)7-3-4-8-15/h12H,3-11H2,1-2H3,(H,16,21)(H,19,20). The lowest BCUT2D eigenvalue weighted by atomic mass is 9.93. The van der Waals surface area contributed by atoms with Crippen LogP contribution in [0.25, 0.3) is 0 Å². The number of carbonyl (C=O) groups excluding carboxylic acids is 1. The van der Waals surface area contributed by atoms with Crippen molar-refractivity contribution in [3.8, 4) is 0 Å². The van der Waals surface area contributed by atoms with Gasteiger partial charge >= 0.3 is 12.0 Å². The summed E-state index contributed by atoms with van der Waals surface area (Å²) in [6.07, 6.45) is 5.65. The highest BCUT2D eigenvalue weighted by Gasteiger charge is 2.39. The molecule has 2 fully saturated rings. The summed E-state index contributed by atoms with van der Waals surface area (Å²) >= 11 is 0. The minimum atomic E-state index is -0.836. The third-order valence-corrected chi connectivity index (χ3v) is 4.89. The van der Waals surface area contributed by atoms with Crippen molar-refractivity contribution in [1.82, 2.24) is 15.1 Å². The zero-order valence-corrected chi connectivity index (χ0v) is 13.1. The number of piperidine rings is 1. The van der Waals surface area contributed by atoms with E-state index in [9.17, 15) is 9.59 Å². The fraction of sp³-hybridized carbons (Fsp3) is 0.867. The zero-order chi connectivity index (χ0) is 15.5. The highest BCUT2D eigenvalue weighted by molar-refractivity contribution is 5.77. The van der Waals surface area contributed by atoms with E-state index in [1.807, 2.05) is 7.05 Å². The van der Waals surface area contributed by atoms with Crippen molar-refractivity contribution in [2.45, 2.75) is 56.5 Å². The molecule has 1 saturated carbocycles. The maximum Gasteiger partial charge on any atom is 0.317 e. The highest BCUT2D eigenvalue weighted by Crippen LogP contribution is 2.33. The van der Waals surface area contributed by atoms with Crippen LogP contribution in [0.4, 0.5) is 4.79 Å². The Morgan fingerprint density at radius 2 is 2.00 bits per heavy atom. The van der Waals surface area contributed by atoms with E-state index in [4.69, 9.17) is 5.11 Å². The summed E-state index contributed by atoms with van der Waals surface area (Å²) in [7, 11) is 3.89. The van der Waals surface area contributed by atoms with Crippen LogP contribution >= 0.6 is 0 Å². The van der Waals surface area contributed by atoms with Crippen molar-refractivity contribution < 1.29 is 14.7 Å². The molecule has 2 rings (SSSR count). The van der Waals surface area contributed by atoms with Gasteiger partial charge in [-0.3, -0.25) is 4.79 Å². The Morgan fingerprint density at radius 3 is 2.57 bits per heavy atom. The number of carbonyl (C=O) groups is 2. The molecule has 1 aliphatic carbocycles. The largest absolute Gasteiger partial charge is 0.481 e. The molecule has 0 aromatic rings. The van der Waals surface area contributed by atoms with Crippen LogP contribution < -0.4 is 5.32 Å². The van der Waals surface area contributed by atoms with Gasteiger partial charge in [0.1, 0.15) is 0 Å². The molecule has 2 amide bonds. The SMILES string of the molecule is CN1CCCC(N(C)C(=O)NC2(CC(=O)O)CCCC2)C1. The van der Waals surface area contributed by atoms with Crippen LogP contribution in [0.3, 0.4) is 0 Å². The number of nitrogens with one attached hydrogen (secondary N) is 1. The van der Waals surface area contributed by atoms with Crippen molar-refractivity contribution >= 4 is 12.0 Å². The molecular weight excluding hydrogens is 270 g/mol. The van der Waals surface area contributed by atoms with Crippen LogP contribution in [-0.2, 0) is 4.79 Å². The van der Waals surface area contributed by atoms with Crippen molar-refractivity contribution in [3.05, 3.63) is 0 Å². The van der Waals surface area contributed by atoms with Gasteiger partial charge < -0.3 is 20.2 Å². The lowest BCUT2D eigenvalue weighted by Gasteiger charge is -2.38. The minimum Gasteiger partial charge on any atom is -0.481 e. The molecule has 1 unspecified atom stereocenters. The molecular formula is C15H27N3O3. The van der Waals surface area contributed by atoms with E-state index in [-0.39, 0.29) is 18.5 Å². The molecule has 2 aliphatic rings. The maximum absolute atomic E-state index is 12.5. The molecule has 21 heavy (non-hydrogen) atoms. The Kier molecular flexibility index (Phi) is 5.08. The average Bonchev–Trinajstić information content (AvgIpc) is 2.85. The van der Waals surface area contributed by atoms with E-state index in [1.54, 1.807) is 4.90 Å². The van der Waals surface area contributed by atoms with Crippen molar-refractivity contribution in [1.29, 1.82) is 0 Å². The van der Waals surface area contributed by atoms with Gasteiger partial charge in [0.05, 0.1) is 12.0 Å². The summed E-state index contributed by atoms with van der Waals surface area (Å²) in [5.74, 6) is -0.836. The average molecular weight is 297 g/mol. The molecule has 1 aliphatic heterocycles. The number of nitrogens with zero attached hydrogens (tertiary/aromatic N) is 2. The number of likely N-dealkylation sites (tertiary alicyclic amines) is 1. The fourth-order valence-corrected chi connectivity index (χ4v) is 3.62. The summed E-state index contributed by atoms with van der Waals surface area (Å²) in [5, 5.41) is 12.1. The third kappa shape index (κ3) is 4.09. The smallest absolute Gasteiger partial charge is 0.317 e. The molecule has 1 atom stereocenters. The van der Waals surface area contributed by atoms with Gasteiger partial charge in [-0.1, -0.05) is 12.8 Å². The number of urea groups is 1. The fourth-order valence-electron chi connectivity index (χ4n) is 3.62. The summed E-state index contributed by atoms with van der Waals surface area (Å²) in [4.78, 5) is 27.6. The number of aliphatic carboxylic acids is 1. The summed E-state index contributed by atoms with van der Waals surface area (Å²) in [5.41, 5.74) is -0.544. The second kappa shape index (κ2) is 6.64. The topological polar surface area (TPSA) is 72.9 Å². The van der Waals surface area contributed by atoms with Crippen LogP contribution in [0.2, 0.25) is 0 Å². The Morgan fingerprint density at radius 1 is 1.33 bits per heavy atom. The van der Waals surface area contributed by atoms with E-state index < -0.39 is 11.5 Å². The Labute approximate surface area is 126 Å². The first kappa shape index (κ1) is 16.1. The summed E-state index contributed by atoms with van der Waals surface area (Å²) in [6.45, 7) is 1.96. The minimum absolute atomic E-state index is 0.0249. The second-order valence-electron chi connectivity index (χ2n) is 6.66. The molecule has 0 aromatic heterocycles. The van der Waals surface area contributed by atoms with E-state index in [1.165, 1.54) is 0 Å². The van der Waals surface area contributed by atoms with Gasteiger partial charge in [-0.05, 0) is 39.3 Å². The number of likely N-dealkylation sites (N-methyl/N-ethyl adjacent to an activating group) is 2. The van der Waals surface area contributed by atoms with E-state index >= 15 is 0 Å². The molecule has 1 heterocycles. The predicted molar refractivity (Wildman–Crippen MR) is 80.3 cm³/mol. The van der Waals surface area contributed by atoms with Gasteiger partial charge in [-0.2, -0.15) is 0 Å². The lowest BCUT2D eigenvalue weighted by molar-refractivity contribution is -0.138. The molecule has 120 valence electrons. The molecule has 6 nitrogen and oxygen atoms in total. The first-order valence-electron chi connectivity index (χ1n) is 7.87. The van der Waals surface area contributed by atoms with Crippen LogP contribution in [0.15, 0.2) is 0 Å². The normalized spacial score (nSPS) is 25.5. The van der Waals surface area contributed by atoms with E-state index in [0.29, 0.717) is 0 Å². The Bertz CT molecular complexity index is 394. The van der Waals surface area contributed by atoms with Gasteiger partial charge in [0, 0.05) is 19.6 Å². The number of carboxylic acids is 1. The number of amides is 2. The lowest BCUT2D eigenvalue weighted by Crippen LogP contribution is -2.56. The Balaban J connectivity index is 1.96.